The minimum Gasteiger partial charge on any atom is -0.398 e. The zero-order chi connectivity index (χ0) is 13.3. The maximum Gasteiger partial charge on any atom is 0.256 e. The van der Waals surface area contributed by atoms with Crippen LogP contribution in [0.1, 0.15) is 30.6 Å². The summed E-state index contributed by atoms with van der Waals surface area (Å²) >= 11 is 5.93. The van der Waals surface area contributed by atoms with Crippen molar-refractivity contribution in [3.8, 4) is 0 Å². The molecule has 0 aromatic heterocycles. The molecule has 3 nitrogen and oxygen atoms in total. The number of carbonyl (C=O) groups is 1. The van der Waals surface area contributed by atoms with E-state index in [0.29, 0.717) is 28.1 Å². The second kappa shape index (κ2) is 5.19. The lowest BCUT2D eigenvalue weighted by Crippen LogP contribution is -2.42. The van der Waals surface area contributed by atoms with Crippen LogP contribution >= 0.6 is 11.6 Å². The highest BCUT2D eigenvalue weighted by atomic mass is 35.5. The maximum absolute atomic E-state index is 12.5. The average Bonchev–Trinajstić information content (AvgIpc) is 2.30. The zero-order valence-corrected chi connectivity index (χ0v) is 11.6. The van der Waals surface area contributed by atoms with E-state index >= 15 is 0 Å². The number of halogens is 1. The number of piperidine rings is 1. The fourth-order valence-corrected chi connectivity index (χ4v) is 2.88. The molecule has 0 saturated carbocycles. The van der Waals surface area contributed by atoms with Crippen molar-refractivity contribution >= 4 is 23.2 Å². The van der Waals surface area contributed by atoms with Gasteiger partial charge in [0.05, 0.1) is 5.56 Å². The van der Waals surface area contributed by atoms with Crippen molar-refractivity contribution in [2.45, 2.75) is 20.3 Å². The van der Waals surface area contributed by atoms with E-state index in [1.807, 2.05) is 4.90 Å². The lowest BCUT2D eigenvalue weighted by molar-refractivity contribution is 0.0624. The lowest BCUT2D eigenvalue weighted by atomic mass is 9.91. The Morgan fingerprint density at radius 3 is 2.56 bits per heavy atom. The Balaban J connectivity index is 2.22. The molecule has 2 rings (SSSR count). The summed E-state index contributed by atoms with van der Waals surface area (Å²) in [5.74, 6) is 1.07. The molecule has 0 radical (unpaired) electrons. The van der Waals surface area contributed by atoms with E-state index < -0.39 is 0 Å². The highest BCUT2D eigenvalue weighted by Crippen LogP contribution is 2.25. The van der Waals surface area contributed by atoms with E-state index in [9.17, 15) is 4.79 Å². The molecule has 1 heterocycles. The van der Waals surface area contributed by atoms with Crippen LogP contribution in [-0.2, 0) is 0 Å². The Bertz CT molecular complexity index is 451. The number of hydrogen-bond donors (Lipinski definition) is 1. The molecule has 1 amide bonds. The number of likely N-dealkylation sites (tertiary alicyclic amines) is 1. The van der Waals surface area contributed by atoms with Crippen LogP contribution in [-0.4, -0.2) is 23.9 Å². The van der Waals surface area contributed by atoms with Gasteiger partial charge < -0.3 is 10.6 Å². The summed E-state index contributed by atoms with van der Waals surface area (Å²) in [6.45, 7) is 5.96. The number of benzene rings is 1. The number of carbonyl (C=O) groups excluding carboxylic acids is 1. The fourth-order valence-electron chi connectivity index (χ4n) is 2.71. The van der Waals surface area contributed by atoms with Crippen LogP contribution in [0.5, 0.6) is 0 Å². The largest absolute Gasteiger partial charge is 0.398 e. The molecular weight excluding hydrogens is 248 g/mol. The molecule has 2 unspecified atom stereocenters. The van der Waals surface area contributed by atoms with E-state index in [-0.39, 0.29) is 5.91 Å². The van der Waals surface area contributed by atoms with E-state index in [1.54, 1.807) is 18.2 Å². The van der Waals surface area contributed by atoms with Crippen LogP contribution in [0.3, 0.4) is 0 Å². The minimum absolute atomic E-state index is 0.00611. The highest BCUT2D eigenvalue weighted by molar-refractivity contribution is 6.31. The van der Waals surface area contributed by atoms with Gasteiger partial charge in [-0.1, -0.05) is 25.4 Å². The predicted octanol–water partition coefficient (Wildman–Crippen LogP) is 3.04. The van der Waals surface area contributed by atoms with Gasteiger partial charge in [-0.3, -0.25) is 4.79 Å². The van der Waals surface area contributed by atoms with Crippen molar-refractivity contribution < 1.29 is 4.79 Å². The first kappa shape index (κ1) is 13.2. The van der Waals surface area contributed by atoms with Gasteiger partial charge in [0, 0.05) is 23.8 Å². The molecule has 1 aromatic rings. The minimum atomic E-state index is -0.00611. The molecule has 0 spiro atoms. The summed E-state index contributed by atoms with van der Waals surface area (Å²) in [6.07, 6.45) is 1.18. The summed E-state index contributed by atoms with van der Waals surface area (Å²) in [7, 11) is 0. The number of anilines is 1. The van der Waals surface area contributed by atoms with E-state index in [2.05, 4.69) is 13.8 Å². The summed E-state index contributed by atoms with van der Waals surface area (Å²) < 4.78 is 0. The Kier molecular flexibility index (Phi) is 3.81. The van der Waals surface area contributed by atoms with Crippen molar-refractivity contribution in [2.75, 3.05) is 18.8 Å². The first-order valence-corrected chi connectivity index (χ1v) is 6.69. The standard InChI is InChI=1S/C14H19ClN2O/c1-9-5-10(2)8-17(7-9)14(18)12-6-11(15)3-4-13(12)16/h3-4,6,9-10H,5,7-8,16H2,1-2H3. The lowest BCUT2D eigenvalue weighted by Gasteiger charge is -2.35. The van der Waals surface area contributed by atoms with Gasteiger partial charge in [-0.2, -0.15) is 0 Å². The number of nitrogen functional groups attached to an aromatic ring is 1. The molecule has 2 atom stereocenters. The second-order valence-corrected chi connectivity index (χ2v) is 5.82. The molecule has 0 aliphatic carbocycles. The quantitative estimate of drug-likeness (QED) is 0.794. The monoisotopic (exact) mass is 266 g/mol. The van der Waals surface area contributed by atoms with Gasteiger partial charge in [0.1, 0.15) is 0 Å². The summed E-state index contributed by atoms with van der Waals surface area (Å²) in [5, 5.41) is 0.547. The van der Waals surface area contributed by atoms with Crippen LogP contribution in [0, 0.1) is 11.8 Å². The van der Waals surface area contributed by atoms with E-state index in [1.165, 1.54) is 6.42 Å². The van der Waals surface area contributed by atoms with Gasteiger partial charge >= 0.3 is 0 Å². The average molecular weight is 267 g/mol. The van der Waals surface area contributed by atoms with Crippen LogP contribution in [0.2, 0.25) is 5.02 Å². The second-order valence-electron chi connectivity index (χ2n) is 5.39. The summed E-state index contributed by atoms with van der Waals surface area (Å²) in [4.78, 5) is 14.3. The number of nitrogens with two attached hydrogens (primary N) is 1. The molecule has 4 heteroatoms. The molecule has 1 aromatic carbocycles. The number of amides is 1. The fraction of sp³-hybridized carbons (Fsp3) is 0.500. The summed E-state index contributed by atoms with van der Waals surface area (Å²) in [5.41, 5.74) is 6.87. The first-order chi connectivity index (χ1) is 8.47. The first-order valence-electron chi connectivity index (χ1n) is 6.31. The van der Waals surface area contributed by atoms with Gasteiger partial charge in [0.15, 0.2) is 0 Å². The highest BCUT2D eigenvalue weighted by Gasteiger charge is 2.27. The Morgan fingerprint density at radius 1 is 1.33 bits per heavy atom. The van der Waals surface area contributed by atoms with Crippen molar-refractivity contribution in [3.63, 3.8) is 0 Å². The Morgan fingerprint density at radius 2 is 1.94 bits per heavy atom. The van der Waals surface area contributed by atoms with Crippen molar-refractivity contribution in [1.29, 1.82) is 0 Å². The molecule has 98 valence electrons. The van der Waals surface area contributed by atoms with Gasteiger partial charge in [0.2, 0.25) is 0 Å². The number of rotatable bonds is 1. The number of nitrogens with zero attached hydrogens (tertiary/aromatic N) is 1. The SMILES string of the molecule is CC1CC(C)CN(C(=O)c2cc(Cl)ccc2N)C1. The zero-order valence-electron chi connectivity index (χ0n) is 10.8. The van der Waals surface area contributed by atoms with Crippen molar-refractivity contribution in [3.05, 3.63) is 28.8 Å². The van der Waals surface area contributed by atoms with Crippen molar-refractivity contribution in [2.24, 2.45) is 11.8 Å². The van der Waals surface area contributed by atoms with Gasteiger partial charge in [-0.15, -0.1) is 0 Å². The third-order valence-corrected chi connectivity index (χ3v) is 3.64. The van der Waals surface area contributed by atoms with Gasteiger partial charge in [-0.25, -0.2) is 0 Å². The van der Waals surface area contributed by atoms with Crippen LogP contribution < -0.4 is 5.73 Å². The van der Waals surface area contributed by atoms with Crippen LogP contribution in [0.15, 0.2) is 18.2 Å². The van der Waals surface area contributed by atoms with E-state index in [0.717, 1.165) is 13.1 Å². The van der Waals surface area contributed by atoms with Crippen molar-refractivity contribution in [1.82, 2.24) is 4.90 Å². The molecule has 1 aliphatic heterocycles. The molecule has 18 heavy (non-hydrogen) atoms. The topological polar surface area (TPSA) is 46.3 Å². The Labute approximate surface area is 113 Å². The molecule has 1 fully saturated rings. The molecule has 2 N–H and O–H groups in total. The van der Waals surface area contributed by atoms with Gasteiger partial charge in [-0.05, 0) is 36.5 Å². The van der Waals surface area contributed by atoms with Gasteiger partial charge in [0.25, 0.3) is 5.91 Å². The summed E-state index contributed by atoms with van der Waals surface area (Å²) in [6, 6.07) is 5.05. The third-order valence-electron chi connectivity index (χ3n) is 3.40. The smallest absolute Gasteiger partial charge is 0.256 e. The molecule has 1 saturated heterocycles. The number of hydrogen-bond acceptors (Lipinski definition) is 2. The third kappa shape index (κ3) is 2.78. The predicted molar refractivity (Wildman–Crippen MR) is 74.7 cm³/mol. The van der Waals surface area contributed by atoms with Crippen LogP contribution in [0.25, 0.3) is 0 Å². The Hall–Kier alpha value is -1.22. The maximum atomic E-state index is 12.5. The molecular formula is C14H19ClN2O. The van der Waals surface area contributed by atoms with E-state index in [4.69, 9.17) is 17.3 Å². The molecule has 1 aliphatic rings. The normalized spacial score (nSPS) is 24.1. The van der Waals surface area contributed by atoms with Crippen LogP contribution in [0.4, 0.5) is 5.69 Å². The molecule has 0 bridgehead atoms.